The first-order chi connectivity index (χ1) is 12.2. The largest absolute Gasteiger partial charge is 0.459 e. The van der Waals surface area contributed by atoms with E-state index >= 15 is 0 Å². The molecule has 0 radical (unpaired) electrons. The van der Waals surface area contributed by atoms with Crippen molar-refractivity contribution in [2.45, 2.75) is 63.7 Å². The molecule has 1 aromatic carbocycles. The summed E-state index contributed by atoms with van der Waals surface area (Å²) in [5, 5.41) is 0. The monoisotopic (exact) mass is 364 g/mol. The van der Waals surface area contributed by atoms with Crippen LogP contribution < -0.4 is 0 Å². The van der Waals surface area contributed by atoms with E-state index in [1.807, 2.05) is 6.07 Å². The van der Waals surface area contributed by atoms with Crippen LogP contribution in [0.15, 0.2) is 30.3 Å². The Labute approximate surface area is 152 Å². The van der Waals surface area contributed by atoms with Crippen molar-refractivity contribution in [1.82, 2.24) is 0 Å². The van der Waals surface area contributed by atoms with E-state index in [1.165, 1.54) is 0 Å². The quantitative estimate of drug-likeness (QED) is 0.598. The smallest absolute Gasteiger partial charge is 0.338 e. The normalized spacial score (nSPS) is 32.3. The number of benzene rings is 1. The Balaban J connectivity index is 1.75. The molecule has 1 aromatic rings. The second-order valence-corrected chi connectivity index (χ2v) is 7.30. The number of aldehydes is 1. The summed E-state index contributed by atoms with van der Waals surface area (Å²) < 4.78 is 28.8. The van der Waals surface area contributed by atoms with Gasteiger partial charge in [0.25, 0.3) is 0 Å². The molecule has 2 fully saturated rings. The Morgan fingerprint density at radius 1 is 1.00 bits per heavy atom. The molecule has 0 N–H and O–H groups in total. The average Bonchev–Trinajstić information content (AvgIpc) is 2.59. The maximum atomic E-state index is 12.2. The van der Waals surface area contributed by atoms with Gasteiger partial charge in [0.15, 0.2) is 17.9 Å². The highest BCUT2D eigenvalue weighted by Crippen LogP contribution is 2.38. The van der Waals surface area contributed by atoms with Crippen molar-refractivity contribution in [3.05, 3.63) is 35.9 Å². The van der Waals surface area contributed by atoms with Crippen LogP contribution in [0.3, 0.4) is 0 Å². The van der Waals surface area contributed by atoms with E-state index in [1.54, 1.807) is 52.0 Å². The molecule has 2 saturated heterocycles. The summed E-state index contributed by atoms with van der Waals surface area (Å²) in [6.45, 7) is 6.87. The summed E-state index contributed by atoms with van der Waals surface area (Å²) in [5.74, 6) is -2.41. The van der Waals surface area contributed by atoms with Crippen LogP contribution in [0.5, 0.6) is 0 Å². The SMILES string of the molecule is CC1(C)O[C@H]2[C@H](OC(C)(C)O[C@@H]2COC(=O)c2ccccc2)[C@@H](C=O)O1. The van der Waals surface area contributed by atoms with Gasteiger partial charge < -0.3 is 28.5 Å². The molecular weight excluding hydrogens is 340 g/mol. The number of hydrogen-bond acceptors (Lipinski definition) is 7. The van der Waals surface area contributed by atoms with Gasteiger partial charge in [0.05, 0.1) is 5.56 Å². The lowest BCUT2D eigenvalue weighted by molar-refractivity contribution is -0.418. The summed E-state index contributed by atoms with van der Waals surface area (Å²) in [6, 6.07) is 8.70. The molecule has 0 saturated carbocycles. The predicted molar refractivity (Wildman–Crippen MR) is 90.4 cm³/mol. The second-order valence-electron chi connectivity index (χ2n) is 7.30. The molecule has 7 nitrogen and oxygen atoms in total. The van der Waals surface area contributed by atoms with Crippen LogP contribution in [0.4, 0.5) is 0 Å². The number of ether oxygens (including phenoxy) is 5. The van der Waals surface area contributed by atoms with Crippen LogP contribution in [-0.2, 0) is 28.5 Å². The predicted octanol–water partition coefficient (Wildman–Crippen LogP) is 2.08. The van der Waals surface area contributed by atoms with Crippen molar-refractivity contribution in [2.24, 2.45) is 0 Å². The van der Waals surface area contributed by atoms with E-state index in [4.69, 9.17) is 23.7 Å². The Morgan fingerprint density at radius 3 is 2.27 bits per heavy atom. The van der Waals surface area contributed by atoms with Gasteiger partial charge in [0, 0.05) is 0 Å². The highest BCUT2D eigenvalue weighted by atomic mass is 16.8. The van der Waals surface area contributed by atoms with Crippen molar-refractivity contribution in [1.29, 1.82) is 0 Å². The van der Waals surface area contributed by atoms with Crippen LogP contribution in [-0.4, -0.2) is 54.9 Å². The number of rotatable bonds is 4. The topological polar surface area (TPSA) is 80.3 Å². The lowest BCUT2D eigenvalue weighted by Crippen LogP contribution is -2.66. The minimum atomic E-state index is -0.983. The molecule has 26 heavy (non-hydrogen) atoms. The minimum absolute atomic E-state index is 0.0245. The molecule has 2 heterocycles. The molecule has 2 aliphatic rings. The van der Waals surface area contributed by atoms with E-state index in [0.717, 1.165) is 0 Å². The maximum Gasteiger partial charge on any atom is 0.338 e. The third kappa shape index (κ3) is 4.12. The van der Waals surface area contributed by atoms with Crippen molar-refractivity contribution in [2.75, 3.05) is 6.61 Å². The molecule has 0 amide bonds. The van der Waals surface area contributed by atoms with Crippen molar-refractivity contribution in [3.63, 3.8) is 0 Å². The van der Waals surface area contributed by atoms with Crippen LogP contribution in [0.2, 0.25) is 0 Å². The van der Waals surface area contributed by atoms with E-state index in [2.05, 4.69) is 0 Å². The lowest BCUT2D eigenvalue weighted by Gasteiger charge is -2.52. The van der Waals surface area contributed by atoms with Gasteiger partial charge in [-0.25, -0.2) is 4.79 Å². The second kappa shape index (κ2) is 7.08. The third-order valence-electron chi connectivity index (χ3n) is 4.23. The van der Waals surface area contributed by atoms with Crippen molar-refractivity contribution < 1.29 is 33.3 Å². The molecule has 0 spiro atoms. The fraction of sp³-hybridized carbons (Fsp3) is 0.579. The summed E-state index contributed by atoms with van der Waals surface area (Å²) >= 11 is 0. The third-order valence-corrected chi connectivity index (χ3v) is 4.23. The van der Waals surface area contributed by atoms with E-state index < -0.39 is 42.0 Å². The highest BCUT2D eigenvalue weighted by molar-refractivity contribution is 5.89. The molecule has 3 rings (SSSR count). The molecule has 0 bridgehead atoms. The van der Waals surface area contributed by atoms with Gasteiger partial charge in [0.1, 0.15) is 31.0 Å². The molecule has 4 atom stereocenters. The zero-order chi connectivity index (χ0) is 18.9. The van der Waals surface area contributed by atoms with E-state index in [0.29, 0.717) is 11.8 Å². The summed E-state index contributed by atoms with van der Waals surface area (Å²) in [7, 11) is 0. The number of fused-ring (bicyclic) bond motifs is 1. The Hall–Kier alpha value is -1.80. The van der Waals surface area contributed by atoms with Crippen molar-refractivity contribution in [3.8, 4) is 0 Å². The Kier molecular flexibility index (Phi) is 5.16. The highest BCUT2D eigenvalue weighted by Gasteiger charge is 2.54. The summed E-state index contributed by atoms with van der Waals surface area (Å²) in [6.07, 6.45) is -1.94. The molecule has 0 aromatic heterocycles. The minimum Gasteiger partial charge on any atom is -0.459 e. The maximum absolute atomic E-state index is 12.2. The van der Waals surface area contributed by atoms with Gasteiger partial charge in [-0.05, 0) is 39.8 Å². The van der Waals surface area contributed by atoms with Crippen LogP contribution in [0, 0.1) is 0 Å². The van der Waals surface area contributed by atoms with Crippen LogP contribution in [0.1, 0.15) is 38.1 Å². The fourth-order valence-corrected chi connectivity index (χ4v) is 3.26. The first-order valence-corrected chi connectivity index (χ1v) is 8.59. The van der Waals surface area contributed by atoms with Gasteiger partial charge >= 0.3 is 5.97 Å². The van der Waals surface area contributed by atoms with Crippen molar-refractivity contribution >= 4 is 12.3 Å². The number of hydrogen-bond donors (Lipinski definition) is 0. The Morgan fingerprint density at radius 2 is 1.62 bits per heavy atom. The van der Waals surface area contributed by atoms with Gasteiger partial charge in [-0.2, -0.15) is 0 Å². The lowest BCUT2D eigenvalue weighted by atomic mass is 9.98. The number of carbonyl (C=O) groups is 2. The molecule has 0 aliphatic carbocycles. The average molecular weight is 364 g/mol. The van der Waals surface area contributed by atoms with E-state index in [9.17, 15) is 9.59 Å². The zero-order valence-corrected chi connectivity index (χ0v) is 15.3. The van der Waals surface area contributed by atoms with Crippen LogP contribution in [0.25, 0.3) is 0 Å². The molecule has 7 heteroatoms. The molecule has 0 unspecified atom stereocenters. The number of carbonyl (C=O) groups excluding carboxylic acids is 2. The van der Waals surface area contributed by atoms with Gasteiger partial charge in [0.2, 0.25) is 0 Å². The van der Waals surface area contributed by atoms with Crippen LogP contribution >= 0.6 is 0 Å². The molecule has 142 valence electrons. The molecular formula is C19H24O7. The van der Waals surface area contributed by atoms with E-state index in [-0.39, 0.29) is 6.61 Å². The fourth-order valence-electron chi connectivity index (χ4n) is 3.26. The number of esters is 1. The summed E-state index contributed by atoms with van der Waals surface area (Å²) in [4.78, 5) is 23.7. The van der Waals surface area contributed by atoms with Gasteiger partial charge in [-0.1, -0.05) is 18.2 Å². The van der Waals surface area contributed by atoms with Gasteiger partial charge in [-0.3, -0.25) is 0 Å². The summed E-state index contributed by atoms with van der Waals surface area (Å²) in [5.41, 5.74) is 0.453. The first kappa shape index (κ1) is 19.0. The standard InChI is InChI=1S/C19H24O7/c1-18(2)23-13(10-20)15-16(26-18)14(24-19(3,4)25-15)11-22-17(21)12-8-6-5-7-9-12/h5-10,13-16H,11H2,1-4H3/t13-,14-,15-,16-/m1/s1. The molecule has 2 aliphatic heterocycles. The Bertz CT molecular complexity index is 655. The van der Waals surface area contributed by atoms with Gasteiger partial charge in [-0.15, -0.1) is 0 Å². The zero-order valence-electron chi connectivity index (χ0n) is 15.3. The first-order valence-electron chi connectivity index (χ1n) is 8.59.